The minimum atomic E-state index is 0.298. The Morgan fingerprint density at radius 1 is 1.25 bits per heavy atom. The highest BCUT2D eigenvalue weighted by atomic mass is 16.3. The molecule has 2 nitrogen and oxygen atoms in total. The molecule has 0 aliphatic carbocycles. The molecule has 12 heavy (non-hydrogen) atoms. The van der Waals surface area contributed by atoms with Gasteiger partial charge in [0, 0.05) is 13.2 Å². The molecule has 0 aromatic heterocycles. The Labute approximate surface area is 76.6 Å². The Hall–Kier alpha value is -0.0800. The van der Waals surface area contributed by atoms with Gasteiger partial charge in [-0.15, -0.1) is 0 Å². The average Bonchev–Trinajstić information content (AvgIpc) is 2.00. The number of rotatable bonds is 6. The molecule has 0 aliphatic rings. The smallest absolute Gasteiger partial charge is 0.0468 e. The van der Waals surface area contributed by atoms with E-state index in [0.717, 1.165) is 19.0 Å². The molecule has 0 aromatic carbocycles. The van der Waals surface area contributed by atoms with E-state index in [0.29, 0.717) is 12.5 Å². The monoisotopic (exact) mass is 173 g/mol. The molecular weight excluding hydrogens is 150 g/mol. The van der Waals surface area contributed by atoms with Crippen LogP contribution in [0.15, 0.2) is 0 Å². The molecule has 0 saturated heterocycles. The van der Waals surface area contributed by atoms with Crippen molar-refractivity contribution in [1.82, 2.24) is 4.90 Å². The molecule has 0 saturated carbocycles. The maximum Gasteiger partial charge on any atom is 0.0468 e. The summed E-state index contributed by atoms with van der Waals surface area (Å²) in [5.41, 5.74) is 0. The van der Waals surface area contributed by atoms with Gasteiger partial charge in [0.15, 0.2) is 0 Å². The average molecular weight is 173 g/mol. The van der Waals surface area contributed by atoms with Gasteiger partial charge in [-0.2, -0.15) is 0 Å². The van der Waals surface area contributed by atoms with Gasteiger partial charge in [-0.3, -0.25) is 0 Å². The zero-order valence-corrected chi connectivity index (χ0v) is 8.88. The molecule has 0 radical (unpaired) electrons. The molecule has 0 bridgehead atoms. The number of aliphatic hydroxyl groups is 1. The fraction of sp³-hybridized carbons (Fsp3) is 1.00. The van der Waals surface area contributed by atoms with E-state index in [2.05, 4.69) is 32.7 Å². The summed E-state index contributed by atoms with van der Waals surface area (Å²) in [6.45, 7) is 9.00. The van der Waals surface area contributed by atoms with Gasteiger partial charge in [0.25, 0.3) is 0 Å². The standard InChI is InChI=1S/C10H23NO/c1-9(2)5-6-11(4)7-10(3)8-12/h9-10,12H,5-8H2,1-4H3. The van der Waals surface area contributed by atoms with Crippen LogP contribution in [0.1, 0.15) is 27.2 Å². The highest BCUT2D eigenvalue weighted by Gasteiger charge is 2.05. The maximum absolute atomic E-state index is 8.83. The molecular formula is C10H23NO. The predicted molar refractivity (Wildman–Crippen MR) is 53.2 cm³/mol. The lowest BCUT2D eigenvalue weighted by atomic mass is 10.1. The molecule has 74 valence electrons. The minimum Gasteiger partial charge on any atom is -0.396 e. The van der Waals surface area contributed by atoms with Gasteiger partial charge in [-0.1, -0.05) is 20.8 Å². The Morgan fingerprint density at radius 3 is 2.25 bits per heavy atom. The van der Waals surface area contributed by atoms with Crippen molar-refractivity contribution in [3.63, 3.8) is 0 Å². The van der Waals surface area contributed by atoms with Crippen molar-refractivity contribution in [3.05, 3.63) is 0 Å². The minimum absolute atomic E-state index is 0.298. The normalized spacial score (nSPS) is 14.2. The molecule has 1 N–H and O–H groups in total. The van der Waals surface area contributed by atoms with E-state index in [4.69, 9.17) is 5.11 Å². The van der Waals surface area contributed by atoms with E-state index in [-0.39, 0.29) is 0 Å². The molecule has 0 rings (SSSR count). The van der Waals surface area contributed by atoms with Crippen molar-refractivity contribution in [2.45, 2.75) is 27.2 Å². The first-order valence-electron chi connectivity index (χ1n) is 4.85. The second kappa shape index (κ2) is 6.44. The molecule has 2 heteroatoms. The van der Waals surface area contributed by atoms with Crippen molar-refractivity contribution in [3.8, 4) is 0 Å². The lowest BCUT2D eigenvalue weighted by Gasteiger charge is -2.20. The van der Waals surface area contributed by atoms with Crippen LogP contribution in [0, 0.1) is 11.8 Å². The summed E-state index contributed by atoms with van der Waals surface area (Å²) in [5.74, 6) is 1.18. The van der Waals surface area contributed by atoms with Crippen LogP contribution in [0.4, 0.5) is 0 Å². The van der Waals surface area contributed by atoms with Crippen LogP contribution in [0.3, 0.4) is 0 Å². The topological polar surface area (TPSA) is 23.5 Å². The summed E-state index contributed by atoms with van der Waals surface area (Å²) in [5, 5.41) is 8.83. The Kier molecular flexibility index (Phi) is 6.39. The van der Waals surface area contributed by atoms with Gasteiger partial charge in [-0.25, -0.2) is 0 Å². The van der Waals surface area contributed by atoms with Crippen LogP contribution >= 0.6 is 0 Å². The number of hydrogen-bond donors (Lipinski definition) is 1. The first-order valence-corrected chi connectivity index (χ1v) is 4.85. The highest BCUT2D eigenvalue weighted by molar-refractivity contribution is 4.58. The number of hydrogen-bond acceptors (Lipinski definition) is 2. The van der Waals surface area contributed by atoms with Crippen LogP contribution in [-0.2, 0) is 0 Å². The molecule has 0 heterocycles. The van der Waals surface area contributed by atoms with Crippen molar-refractivity contribution in [2.24, 2.45) is 11.8 Å². The quantitative estimate of drug-likeness (QED) is 0.659. The van der Waals surface area contributed by atoms with Gasteiger partial charge in [0.1, 0.15) is 0 Å². The summed E-state index contributed by atoms with van der Waals surface area (Å²) in [6, 6.07) is 0. The number of nitrogens with zero attached hydrogens (tertiary/aromatic N) is 1. The first-order chi connectivity index (χ1) is 5.56. The zero-order valence-electron chi connectivity index (χ0n) is 8.88. The van der Waals surface area contributed by atoms with Crippen molar-refractivity contribution < 1.29 is 5.11 Å². The third kappa shape index (κ3) is 6.62. The van der Waals surface area contributed by atoms with Crippen LogP contribution in [-0.4, -0.2) is 36.8 Å². The predicted octanol–water partition coefficient (Wildman–Crippen LogP) is 1.59. The summed E-state index contributed by atoms with van der Waals surface area (Å²) in [6.07, 6.45) is 1.24. The molecule has 0 aliphatic heterocycles. The Bertz CT molecular complexity index is 104. The SMILES string of the molecule is CC(C)CCN(C)CC(C)CO. The van der Waals surface area contributed by atoms with Crippen molar-refractivity contribution in [1.29, 1.82) is 0 Å². The van der Waals surface area contributed by atoms with E-state index in [9.17, 15) is 0 Å². The summed E-state index contributed by atoms with van der Waals surface area (Å²) in [7, 11) is 2.12. The van der Waals surface area contributed by atoms with E-state index in [1.165, 1.54) is 6.42 Å². The van der Waals surface area contributed by atoms with Gasteiger partial charge in [-0.05, 0) is 31.8 Å². The van der Waals surface area contributed by atoms with Crippen LogP contribution in [0.5, 0.6) is 0 Å². The lowest BCUT2D eigenvalue weighted by molar-refractivity contribution is 0.187. The lowest BCUT2D eigenvalue weighted by Crippen LogP contribution is -2.27. The van der Waals surface area contributed by atoms with Gasteiger partial charge >= 0.3 is 0 Å². The Balaban J connectivity index is 3.39. The second-order valence-electron chi connectivity index (χ2n) is 4.23. The maximum atomic E-state index is 8.83. The molecule has 0 spiro atoms. The molecule has 0 aromatic rings. The largest absolute Gasteiger partial charge is 0.396 e. The highest BCUT2D eigenvalue weighted by Crippen LogP contribution is 2.02. The second-order valence-corrected chi connectivity index (χ2v) is 4.23. The molecule has 0 amide bonds. The van der Waals surface area contributed by atoms with Crippen molar-refractivity contribution >= 4 is 0 Å². The fourth-order valence-electron chi connectivity index (χ4n) is 1.16. The first kappa shape index (κ1) is 11.9. The van der Waals surface area contributed by atoms with E-state index >= 15 is 0 Å². The van der Waals surface area contributed by atoms with Crippen molar-refractivity contribution in [2.75, 3.05) is 26.7 Å². The van der Waals surface area contributed by atoms with E-state index in [1.54, 1.807) is 0 Å². The summed E-state index contributed by atoms with van der Waals surface area (Å²) < 4.78 is 0. The molecule has 0 fully saturated rings. The zero-order chi connectivity index (χ0) is 9.56. The Morgan fingerprint density at radius 2 is 1.83 bits per heavy atom. The van der Waals surface area contributed by atoms with E-state index in [1.807, 2.05) is 0 Å². The van der Waals surface area contributed by atoms with E-state index < -0.39 is 0 Å². The third-order valence-corrected chi connectivity index (χ3v) is 2.02. The summed E-state index contributed by atoms with van der Waals surface area (Å²) in [4.78, 5) is 2.29. The molecule has 1 atom stereocenters. The van der Waals surface area contributed by atoms with Gasteiger partial charge in [0.05, 0.1) is 0 Å². The molecule has 1 unspecified atom stereocenters. The fourth-order valence-corrected chi connectivity index (χ4v) is 1.16. The van der Waals surface area contributed by atoms with Crippen LogP contribution in [0.25, 0.3) is 0 Å². The summed E-state index contributed by atoms with van der Waals surface area (Å²) >= 11 is 0. The van der Waals surface area contributed by atoms with Gasteiger partial charge in [0.2, 0.25) is 0 Å². The van der Waals surface area contributed by atoms with Crippen LogP contribution < -0.4 is 0 Å². The van der Waals surface area contributed by atoms with Gasteiger partial charge < -0.3 is 10.0 Å². The number of aliphatic hydroxyl groups excluding tert-OH is 1. The third-order valence-electron chi connectivity index (χ3n) is 2.02. The van der Waals surface area contributed by atoms with Crippen LogP contribution in [0.2, 0.25) is 0 Å².